The number of aliphatic hydroxyl groups excluding tert-OH is 1. The molecular weight excluding hydrogens is 209 g/mol. The van der Waals surface area contributed by atoms with Gasteiger partial charge in [0.1, 0.15) is 0 Å². The molecule has 0 aliphatic heterocycles. The molecule has 0 saturated heterocycles. The molecule has 13 heavy (non-hydrogen) atoms. The van der Waals surface area contributed by atoms with Gasteiger partial charge in [0.15, 0.2) is 0 Å². The Morgan fingerprint density at radius 2 is 2.00 bits per heavy atom. The lowest BCUT2D eigenvalue weighted by Gasteiger charge is -2.08. The van der Waals surface area contributed by atoms with Gasteiger partial charge in [-0.3, -0.25) is 0 Å². The van der Waals surface area contributed by atoms with Crippen molar-refractivity contribution in [3.63, 3.8) is 0 Å². The van der Waals surface area contributed by atoms with Crippen LogP contribution in [0.1, 0.15) is 12.8 Å². The predicted molar refractivity (Wildman–Crippen MR) is 42.8 cm³/mol. The van der Waals surface area contributed by atoms with Gasteiger partial charge in [0.05, 0.1) is 18.6 Å². The summed E-state index contributed by atoms with van der Waals surface area (Å²) < 4.78 is 39.5. The predicted octanol–water partition coefficient (Wildman–Crippen LogP) is 1.95. The van der Waals surface area contributed by atoms with Crippen LogP contribution < -0.4 is 0 Å². The number of hydrogen-bond donors (Lipinski definition) is 1. The van der Waals surface area contributed by atoms with Crippen molar-refractivity contribution in [2.75, 3.05) is 19.1 Å². The van der Waals surface area contributed by atoms with E-state index in [1.165, 1.54) is 0 Å². The summed E-state index contributed by atoms with van der Waals surface area (Å²) in [6.07, 6.45) is -5.87. The minimum absolute atomic E-state index is 0.00649. The molecule has 0 radical (unpaired) electrons. The molecule has 0 aromatic rings. The zero-order valence-electron chi connectivity index (χ0n) is 6.98. The first-order valence-corrected chi connectivity index (χ1v) is 4.37. The van der Waals surface area contributed by atoms with Crippen LogP contribution in [-0.4, -0.2) is 36.5 Å². The summed E-state index contributed by atoms with van der Waals surface area (Å²) in [5, 5.41) is 8.84. The Morgan fingerprint density at radius 1 is 1.38 bits per heavy atom. The van der Waals surface area contributed by atoms with E-state index in [1.807, 2.05) is 0 Å². The van der Waals surface area contributed by atoms with Crippen LogP contribution in [0.25, 0.3) is 0 Å². The Bertz CT molecular complexity index is 129. The van der Waals surface area contributed by atoms with E-state index in [0.29, 0.717) is 0 Å². The third-order valence-corrected chi connectivity index (χ3v) is 1.59. The van der Waals surface area contributed by atoms with E-state index in [4.69, 9.17) is 21.4 Å². The van der Waals surface area contributed by atoms with E-state index in [2.05, 4.69) is 0 Å². The fourth-order valence-corrected chi connectivity index (χ4v) is 0.728. The molecule has 0 saturated carbocycles. The fraction of sp³-hybridized carbons (Fsp3) is 1.00. The van der Waals surface area contributed by atoms with Gasteiger partial charge in [-0.25, -0.2) is 0 Å². The van der Waals surface area contributed by atoms with E-state index in [9.17, 15) is 13.2 Å². The van der Waals surface area contributed by atoms with Crippen molar-refractivity contribution >= 4 is 11.6 Å². The van der Waals surface area contributed by atoms with Gasteiger partial charge in [-0.15, -0.1) is 11.6 Å². The molecule has 0 aromatic heterocycles. The third-order valence-electron chi connectivity index (χ3n) is 1.24. The largest absolute Gasteiger partial charge is 0.389 e. The van der Waals surface area contributed by atoms with Crippen molar-refractivity contribution in [2.24, 2.45) is 0 Å². The monoisotopic (exact) mass is 220 g/mol. The molecule has 0 spiro atoms. The van der Waals surface area contributed by atoms with Crippen molar-refractivity contribution in [2.45, 2.75) is 25.1 Å². The zero-order valence-corrected chi connectivity index (χ0v) is 7.74. The van der Waals surface area contributed by atoms with Crippen molar-refractivity contribution in [1.29, 1.82) is 0 Å². The van der Waals surface area contributed by atoms with E-state index in [1.54, 1.807) is 0 Å². The molecule has 0 aliphatic carbocycles. The van der Waals surface area contributed by atoms with Crippen molar-refractivity contribution < 1.29 is 23.0 Å². The molecule has 1 N–H and O–H groups in total. The summed E-state index contributed by atoms with van der Waals surface area (Å²) in [7, 11) is 0. The number of rotatable bonds is 6. The van der Waals surface area contributed by atoms with E-state index < -0.39 is 18.7 Å². The zero-order chi connectivity index (χ0) is 10.3. The van der Waals surface area contributed by atoms with Gasteiger partial charge in [0, 0.05) is 13.0 Å². The topological polar surface area (TPSA) is 29.5 Å². The van der Waals surface area contributed by atoms with Gasteiger partial charge >= 0.3 is 6.18 Å². The summed E-state index contributed by atoms with van der Waals surface area (Å²) in [5.41, 5.74) is 0. The molecule has 0 bridgehead atoms. The van der Waals surface area contributed by atoms with Crippen molar-refractivity contribution in [3.8, 4) is 0 Å². The summed E-state index contributed by atoms with van der Waals surface area (Å²) in [5.74, 6) is 0.0271. The molecule has 1 atom stereocenters. The highest BCUT2D eigenvalue weighted by Crippen LogP contribution is 2.20. The molecule has 80 valence electrons. The highest BCUT2D eigenvalue weighted by Gasteiger charge is 2.25. The van der Waals surface area contributed by atoms with Gasteiger partial charge in [0.25, 0.3) is 0 Å². The standard InChI is InChI=1S/C7H12ClF3O2/c8-4-6(12)5-13-3-1-2-7(9,10)11/h6,12H,1-5H2. The van der Waals surface area contributed by atoms with Crippen LogP contribution in [0.4, 0.5) is 13.2 Å². The molecule has 0 fully saturated rings. The Labute approximate surface area is 79.6 Å². The first-order chi connectivity index (χ1) is 5.95. The number of alkyl halides is 4. The number of ether oxygens (including phenoxy) is 1. The molecule has 2 nitrogen and oxygen atoms in total. The van der Waals surface area contributed by atoms with E-state index >= 15 is 0 Å². The van der Waals surface area contributed by atoms with Gasteiger partial charge < -0.3 is 9.84 Å². The summed E-state index contributed by atoms with van der Waals surface area (Å²) in [4.78, 5) is 0. The van der Waals surface area contributed by atoms with Crippen LogP contribution >= 0.6 is 11.6 Å². The SMILES string of the molecule is OC(CCl)COCCCC(F)(F)F. The number of aliphatic hydroxyl groups is 1. The van der Waals surface area contributed by atoms with Crippen LogP contribution in [0, 0.1) is 0 Å². The van der Waals surface area contributed by atoms with Gasteiger partial charge in [-0.05, 0) is 6.42 Å². The summed E-state index contributed by atoms with van der Waals surface area (Å²) >= 11 is 5.23. The minimum Gasteiger partial charge on any atom is -0.389 e. The molecule has 1 unspecified atom stereocenters. The van der Waals surface area contributed by atoms with Crippen LogP contribution in [-0.2, 0) is 4.74 Å². The average molecular weight is 221 g/mol. The first kappa shape index (κ1) is 13.0. The summed E-state index contributed by atoms with van der Waals surface area (Å²) in [6.45, 7) is -0.0190. The highest BCUT2D eigenvalue weighted by atomic mass is 35.5. The average Bonchev–Trinajstić information content (AvgIpc) is 2.01. The van der Waals surface area contributed by atoms with Gasteiger partial charge in [-0.2, -0.15) is 13.2 Å². The maximum Gasteiger partial charge on any atom is 0.389 e. The number of hydrogen-bond acceptors (Lipinski definition) is 2. The Kier molecular flexibility index (Phi) is 6.45. The highest BCUT2D eigenvalue weighted by molar-refractivity contribution is 6.18. The molecular formula is C7H12ClF3O2. The molecule has 6 heteroatoms. The second-order valence-corrected chi connectivity index (χ2v) is 2.91. The second-order valence-electron chi connectivity index (χ2n) is 2.60. The smallest absolute Gasteiger partial charge is 0.389 e. The van der Waals surface area contributed by atoms with Gasteiger partial charge in [-0.1, -0.05) is 0 Å². The third kappa shape index (κ3) is 9.92. The lowest BCUT2D eigenvalue weighted by molar-refractivity contribution is -0.138. The van der Waals surface area contributed by atoms with Gasteiger partial charge in [0.2, 0.25) is 0 Å². The quantitative estimate of drug-likeness (QED) is 0.548. The Hall–Kier alpha value is -0.0000000000000000555. The van der Waals surface area contributed by atoms with Crippen LogP contribution in [0.15, 0.2) is 0 Å². The maximum atomic E-state index is 11.6. The molecule has 0 aromatic carbocycles. The van der Waals surface area contributed by atoms with E-state index in [-0.39, 0.29) is 25.5 Å². The van der Waals surface area contributed by atoms with Crippen LogP contribution in [0.2, 0.25) is 0 Å². The Morgan fingerprint density at radius 3 is 2.46 bits per heavy atom. The van der Waals surface area contributed by atoms with Crippen LogP contribution in [0.3, 0.4) is 0 Å². The van der Waals surface area contributed by atoms with Crippen LogP contribution in [0.5, 0.6) is 0 Å². The van der Waals surface area contributed by atoms with E-state index in [0.717, 1.165) is 0 Å². The first-order valence-electron chi connectivity index (χ1n) is 3.84. The lowest BCUT2D eigenvalue weighted by Crippen LogP contribution is -2.17. The van der Waals surface area contributed by atoms with Crippen molar-refractivity contribution in [3.05, 3.63) is 0 Å². The lowest BCUT2D eigenvalue weighted by atomic mass is 10.3. The number of halogens is 4. The minimum atomic E-state index is -4.13. The summed E-state index contributed by atoms with van der Waals surface area (Å²) in [6, 6.07) is 0. The Balaban J connectivity index is 3.18. The molecule has 0 rings (SSSR count). The molecule has 0 heterocycles. The second kappa shape index (κ2) is 6.45. The fourth-order valence-electron chi connectivity index (χ4n) is 0.639. The van der Waals surface area contributed by atoms with Crippen molar-refractivity contribution in [1.82, 2.24) is 0 Å². The molecule has 0 aliphatic rings. The molecule has 0 amide bonds. The maximum absolute atomic E-state index is 11.6. The normalized spacial score (nSPS) is 14.5.